The van der Waals surface area contributed by atoms with Crippen molar-refractivity contribution in [1.29, 1.82) is 0 Å². The van der Waals surface area contributed by atoms with Gasteiger partial charge in [-0.05, 0) is 20.3 Å². The Balaban J connectivity index is 0. The Labute approximate surface area is 72.4 Å². The summed E-state index contributed by atoms with van der Waals surface area (Å²) in [5.41, 5.74) is 5.49. The highest BCUT2D eigenvalue weighted by molar-refractivity contribution is 6.08. The fourth-order valence-corrected chi connectivity index (χ4v) is 1.15. The van der Waals surface area contributed by atoms with Gasteiger partial charge in [-0.3, -0.25) is 0 Å². The number of hydrogen-bond acceptors (Lipinski definition) is 3. The first-order valence-corrected chi connectivity index (χ1v) is 5.62. The van der Waals surface area contributed by atoms with E-state index in [2.05, 4.69) is 0 Å². The summed E-state index contributed by atoms with van der Waals surface area (Å²) in [5, 5.41) is 7.57. The molecular formula is C7H21NO2Si. The van der Waals surface area contributed by atoms with E-state index in [1.54, 1.807) is 6.92 Å². The van der Waals surface area contributed by atoms with Crippen LogP contribution in [0.1, 0.15) is 20.3 Å². The highest BCUT2D eigenvalue weighted by Gasteiger charge is 1.95. The van der Waals surface area contributed by atoms with Crippen molar-refractivity contribution in [3.63, 3.8) is 0 Å². The number of rotatable bonds is 4. The van der Waals surface area contributed by atoms with Crippen molar-refractivity contribution in [2.45, 2.75) is 32.5 Å². The molecule has 1 unspecified atom stereocenters. The third kappa shape index (κ3) is 17.8. The minimum atomic E-state index is -0.00231. The summed E-state index contributed by atoms with van der Waals surface area (Å²) in [4.78, 5) is 0. The van der Waals surface area contributed by atoms with Gasteiger partial charge in [0.25, 0.3) is 0 Å². The molecule has 0 amide bonds. The summed E-state index contributed by atoms with van der Waals surface area (Å²) in [6.07, 6.45) is 1.03. The summed E-state index contributed by atoms with van der Waals surface area (Å²) >= 11 is 0. The lowest BCUT2D eigenvalue weighted by molar-refractivity contribution is 0.0653. The summed E-state index contributed by atoms with van der Waals surface area (Å²) < 4.78 is 5.08. The molecule has 0 aliphatic carbocycles. The van der Waals surface area contributed by atoms with E-state index in [1.165, 1.54) is 16.3 Å². The Morgan fingerprint density at radius 2 is 2.00 bits per heavy atom. The Hall–Kier alpha value is 0.0969. The van der Waals surface area contributed by atoms with E-state index < -0.39 is 0 Å². The van der Waals surface area contributed by atoms with Crippen LogP contribution in [-0.2, 0) is 4.74 Å². The van der Waals surface area contributed by atoms with Crippen molar-refractivity contribution in [2.75, 3.05) is 13.2 Å². The monoisotopic (exact) mass is 179 g/mol. The molecule has 0 aliphatic rings. The largest absolute Gasteiger partial charge is 0.397 e. The number of aliphatic hydroxyl groups excluding tert-OH is 1. The summed E-state index contributed by atoms with van der Waals surface area (Å²) in [5.74, 6) is 0. The van der Waals surface area contributed by atoms with Gasteiger partial charge in [-0.25, -0.2) is 0 Å². The first kappa shape index (κ1) is 13.7. The minimum Gasteiger partial charge on any atom is -0.397 e. The molecule has 0 aromatic rings. The van der Waals surface area contributed by atoms with Crippen LogP contribution >= 0.6 is 0 Å². The van der Waals surface area contributed by atoms with Gasteiger partial charge in [0.05, 0.1) is 0 Å². The molecule has 3 N–H and O–H groups in total. The second-order valence-electron chi connectivity index (χ2n) is 2.10. The third-order valence-electron chi connectivity index (χ3n) is 0.954. The molecule has 0 saturated carbocycles. The normalized spacial score (nSPS) is 12.0. The van der Waals surface area contributed by atoms with Crippen LogP contribution < -0.4 is 5.73 Å². The van der Waals surface area contributed by atoms with Crippen LogP contribution in [0.25, 0.3) is 0 Å². The van der Waals surface area contributed by atoms with Gasteiger partial charge >= 0.3 is 0 Å². The second kappa shape index (κ2) is 12.7. The smallest absolute Gasteiger partial charge is 0.105 e. The van der Waals surface area contributed by atoms with Crippen LogP contribution in [0.3, 0.4) is 0 Å². The molecule has 0 fully saturated rings. The molecule has 0 radical (unpaired) electrons. The van der Waals surface area contributed by atoms with Crippen molar-refractivity contribution in [3.8, 4) is 0 Å². The zero-order valence-electron chi connectivity index (χ0n) is 7.84. The Bertz CT molecular complexity index is 58.4. The fraction of sp³-hybridized carbons (Fsp3) is 1.00. The zero-order chi connectivity index (χ0) is 9.11. The van der Waals surface area contributed by atoms with E-state index in [0.717, 1.165) is 13.0 Å². The van der Waals surface area contributed by atoms with Gasteiger partial charge in [0.2, 0.25) is 0 Å². The van der Waals surface area contributed by atoms with Crippen molar-refractivity contribution in [2.24, 2.45) is 5.73 Å². The molecule has 70 valence electrons. The van der Waals surface area contributed by atoms with Gasteiger partial charge in [0.1, 0.15) is 6.23 Å². The van der Waals surface area contributed by atoms with Crippen LogP contribution in [0.15, 0.2) is 0 Å². The lowest BCUT2D eigenvalue weighted by Crippen LogP contribution is -2.23. The van der Waals surface area contributed by atoms with Gasteiger partial charge in [0.15, 0.2) is 0 Å². The molecule has 4 heteroatoms. The van der Waals surface area contributed by atoms with E-state index in [4.69, 9.17) is 15.6 Å². The number of nitrogens with two attached hydrogens (primary N) is 1. The molecule has 0 aromatic carbocycles. The first-order chi connectivity index (χ1) is 5.22. The summed E-state index contributed by atoms with van der Waals surface area (Å²) in [6.45, 7) is 4.63. The molecule has 1 atom stereocenters. The van der Waals surface area contributed by atoms with Gasteiger partial charge in [-0.2, -0.15) is 0 Å². The average molecular weight is 179 g/mol. The van der Waals surface area contributed by atoms with Crippen molar-refractivity contribution < 1.29 is 9.84 Å². The molecule has 11 heavy (non-hydrogen) atoms. The van der Waals surface area contributed by atoms with Crippen LogP contribution in [0.4, 0.5) is 0 Å². The zero-order valence-corrected chi connectivity index (χ0v) is 9.84. The average Bonchev–Trinajstić information content (AvgIpc) is 1.90. The van der Waals surface area contributed by atoms with E-state index in [0.29, 0.717) is 0 Å². The maximum atomic E-state index is 7.57. The SMILES string of the molecule is CCO.CCOC(N)CC[SiH3]. The van der Waals surface area contributed by atoms with Crippen molar-refractivity contribution in [1.82, 2.24) is 0 Å². The van der Waals surface area contributed by atoms with Crippen LogP contribution in [0.5, 0.6) is 0 Å². The van der Waals surface area contributed by atoms with E-state index in [9.17, 15) is 0 Å². The molecule has 0 aliphatic heterocycles. The lowest BCUT2D eigenvalue weighted by atomic mass is 10.4. The molecule has 0 saturated heterocycles. The highest BCUT2D eigenvalue weighted by atomic mass is 28.1. The number of ether oxygens (including phenoxy) is 1. The number of hydrogen-bond donors (Lipinski definition) is 2. The standard InChI is InChI=1S/C5H15NOSi.C2H6O/c1-2-7-5(6)3-4-8;1-2-3/h5H,2-4,6H2,1,8H3;3H,2H2,1H3. The highest BCUT2D eigenvalue weighted by Crippen LogP contribution is 1.92. The predicted octanol–water partition coefficient (Wildman–Crippen LogP) is -0.520. The van der Waals surface area contributed by atoms with Crippen LogP contribution in [0, 0.1) is 0 Å². The third-order valence-corrected chi connectivity index (χ3v) is 1.53. The number of aliphatic hydroxyl groups is 1. The van der Waals surface area contributed by atoms with Crippen molar-refractivity contribution in [3.05, 3.63) is 0 Å². The van der Waals surface area contributed by atoms with Crippen LogP contribution in [0.2, 0.25) is 6.04 Å². The molecule has 0 heterocycles. The van der Waals surface area contributed by atoms with Gasteiger partial charge in [-0.1, -0.05) is 6.04 Å². The topological polar surface area (TPSA) is 55.5 Å². The Morgan fingerprint density at radius 1 is 1.55 bits per heavy atom. The fourth-order valence-electron chi connectivity index (χ4n) is 0.582. The molecule has 0 aromatic heterocycles. The molecule has 0 bridgehead atoms. The second-order valence-corrected chi connectivity index (χ2v) is 3.10. The minimum absolute atomic E-state index is 0.00231. The summed E-state index contributed by atoms with van der Waals surface area (Å²) in [6, 6.07) is 1.24. The molecular weight excluding hydrogens is 158 g/mol. The predicted molar refractivity (Wildman–Crippen MR) is 51.7 cm³/mol. The van der Waals surface area contributed by atoms with E-state index >= 15 is 0 Å². The first-order valence-electron chi connectivity index (χ1n) is 4.20. The molecule has 0 spiro atoms. The van der Waals surface area contributed by atoms with Crippen LogP contribution in [-0.4, -0.2) is 34.8 Å². The van der Waals surface area contributed by atoms with E-state index in [-0.39, 0.29) is 12.8 Å². The maximum absolute atomic E-state index is 7.57. The molecule has 0 rings (SSSR count). The lowest BCUT2D eigenvalue weighted by Gasteiger charge is -2.08. The van der Waals surface area contributed by atoms with Gasteiger partial charge in [-0.15, -0.1) is 0 Å². The quantitative estimate of drug-likeness (QED) is 0.451. The van der Waals surface area contributed by atoms with Gasteiger partial charge in [0, 0.05) is 23.5 Å². The Morgan fingerprint density at radius 3 is 2.27 bits per heavy atom. The van der Waals surface area contributed by atoms with Gasteiger partial charge < -0.3 is 15.6 Å². The summed E-state index contributed by atoms with van der Waals surface area (Å²) in [7, 11) is 1.23. The van der Waals surface area contributed by atoms with E-state index in [1.807, 2.05) is 6.92 Å². The van der Waals surface area contributed by atoms with Crippen molar-refractivity contribution >= 4 is 10.2 Å². The Kier molecular flexibility index (Phi) is 15.8. The molecule has 3 nitrogen and oxygen atoms in total. The maximum Gasteiger partial charge on any atom is 0.105 e.